The van der Waals surface area contributed by atoms with Gasteiger partial charge in [-0.25, -0.2) is 0 Å². The number of alkyl halides is 3. The molecule has 6 heteroatoms. The van der Waals surface area contributed by atoms with Crippen LogP contribution >= 0.6 is 0 Å². The molecule has 1 saturated heterocycles. The number of amides is 1. The molecule has 1 aliphatic heterocycles. The van der Waals surface area contributed by atoms with Crippen LogP contribution in [0.3, 0.4) is 0 Å². The molecule has 2 rings (SSSR count). The van der Waals surface area contributed by atoms with Crippen molar-refractivity contribution in [1.82, 2.24) is 4.90 Å². The van der Waals surface area contributed by atoms with E-state index >= 15 is 0 Å². The average molecular weight is 292 g/mol. The molecule has 0 radical (unpaired) electrons. The first-order valence-corrected chi connectivity index (χ1v) is 7.43. The maximum atomic E-state index is 13.1. The summed E-state index contributed by atoms with van der Waals surface area (Å²) in [5, 5.41) is 0. The minimum absolute atomic E-state index is 0.0800. The van der Waals surface area contributed by atoms with Crippen LogP contribution in [0.1, 0.15) is 39.0 Å². The highest BCUT2D eigenvalue weighted by atomic mass is 19.4. The van der Waals surface area contributed by atoms with Gasteiger partial charge in [-0.3, -0.25) is 4.79 Å². The lowest BCUT2D eigenvalue weighted by Crippen LogP contribution is -2.49. The van der Waals surface area contributed by atoms with Gasteiger partial charge in [0.1, 0.15) is 0 Å². The van der Waals surface area contributed by atoms with Crippen molar-refractivity contribution in [2.45, 2.75) is 51.2 Å². The molecule has 20 heavy (non-hydrogen) atoms. The summed E-state index contributed by atoms with van der Waals surface area (Å²) in [6.07, 6.45) is -1.74. The molecular weight excluding hydrogens is 269 g/mol. The van der Waals surface area contributed by atoms with Gasteiger partial charge >= 0.3 is 6.18 Å². The molecule has 4 atom stereocenters. The molecule has 4 unspecified atom stereocenters. The number of halogens is 3. The van der Waals surface area contributed by atoms with Gasteiger partial charge < -0.3 is 10.6 Å². The quantitative estimate of drug-likeness (QED) is 0.850. The van der Waals surface area contributed by atoms with E-state index in [4.69, 9.17) is 5.73 Å². The van der Waals surface area contributed by atoms with E-state index in [9.17, 15) is 18.0 Å². The van der Waals surface area contributed by atoms with Crippen LogP contribution in [0.25, 0.3) is 0 Å². The minimum atomic E-state index is -4.27. The zero-order chi connectivity index (χ0) is 14.9. The van der Waals surface area contributed by atoms with E-state index in [2.05, 4.69) is 0 Å². The number of nitrogens with zero attached hydrogens (tertiary/aromatic N) is 1. The third-order valence-electron chi connectivity index (χ3n) is 4.91. The highest BCUT2D eigenvalue weighted by Gasteiger charge is 2.50. The summed E-state index contributed by atoms with van der Waals surface area (Å²) in [7, 11) is 0. The van der Waals surface area contributed by atoms with Crippen LogP contribution in [0.4, 0.5) is 13.2 Å². The van der Waals surface area contributed by atoms with E-state index in [1.807, 2.05) is 6.92 Å². The molecule has 0 bridgehead atoms. The van der Waals surface area contributed by atoms with Crippen molar-refractivity contribution in [2.75, 3.05) is 13.1 Å². The SMILES string of the molecule is CC1CCN(C(=O)C2CCCCC2C(F)(F)F)C1CN. The Balaban J connectivity index is 2.14. The van der Waals surface area contributed by atoms with Crippen LogP contribution in [-0.2, 0) is 4.79 Å². The molecule has 1 saturated carbocycles. The average Bonchev–Trinajstić information content (AvgIpc) is 2.78. The fourth-order valence-electron chi connectivity index (χ4n) is 3.67. The minimum Gasteiger partial charge on any atom is -0.338 e. The Kier molecular flexibility index (Phi) is 4.62. The third kappa shape index (κ3) is 2.95. The number of carbonyl (C=O) groups excluding carboxylic acids is 1. The smallest absolute Gasteiger partial charge is 0.338 e. The number of rotatable bonds is 2. The van der Waals surface area contributed by atoms with Crippen LogP contribution in [0, 0.1) is 17.8 Å². The van der Waals surface area contributed by atoms with Gasteiger partial charge in [-0.15, -0.1) is 0 Å². The number of hydrogen-bond acceptors (Lipinski definition) is 2. The molecule has 0 spiro atoms. The standard InChI is InChI=1S/C14H23F3N2O/c1-9-6-7-19(12(9)8-18)13(20)10-4-2-3-5-11(10)14(15,16)17/h9-12H,2-8,18H2,1H3. The predicted octanol–water partition coefficient (Wildman–Crippen LogP) is 2.55. The topological polar surface area (TPSA) is 46.3 Å². The van der Waals surface area contributed by atoms with E-state index in [0.29, 0.717) is 32.4 Å². The number of hydrogen-bond donors (Lipinski definition) is 1. The van der Waals surface area contributed by atoms with E-state index < -0.39 is 18.0 Å². The predicted molar refractivity (Wildman–Crippen MR) is 69.8 cm³/mol. The van der Waals surface area contributed by atoms with Crippen molar-refractivity contribution in [3.05, 3.63) is 0 Å². The Labute approximate surface area is 117 Å². The van der Waals surface area contributed by atoms with Crippen LogP contribution < -0.4 is 5.73 Å². The molecule has 1 heterocycles. The highest BCUT2D eigenvalue weighted by Crippen LogP contribution is 2.43. The van der Waals surface area contributed by atoms with Crippen molar-refractivity contribution in [1.29, 1.82) is 0 Å². The molecule has 1 aliphatic carbocycles. The van der Waals surface area contributed by atoms with Gasteiger partial charge in [-0.1, -0.05) is 19.8 Å². The van der Waals surface area contributed by atoms with Gasteiger partial charge in [-0.05, 0) is 25.2 Å². The van der Waals surface area contributed by atoms with E-state index in [1.54, 1.807) is 4.90 Å². The Morgan fingerprint density at radius 2 is 1.90 bits per heavy atom. The molecular formula is C14H23F3N2O. The molecule has 1 amide bonds. The fourth-order valence-corrected chi connectivity index (χ4v) is 3.67. The summed E-state index contributed by atoms with van der Waals surface area (Å²) < 4.78 is 39.3. The Bertz CT molecular complexity index is 359. The van der Waals surface area contributed by atoms with Gasteiger partial charge in [0.05, 0.1) is 5.92 Å². The Morgan fingerprint density at radius 3 is 2.50 bits per heavy atom. The van der Waals surface area contributed by atoms with Crippen molar-refractivity contribution in [3.8, 4) is 0 Å². The summed E-state index contributed by atoms with van der Waals surface area (Å²) in [6, 6.07) is -0.0988. The number of carbonyl (C=O) groups is 1. The Morgan fingerprint density at radius 1 is 1.25 bits per heavy atom. The lowest BCUT2D eigenvalue weighted by Gasteiger charge is -2.36. The molecule has 3 nitrogen and oxygen atoms in total. The summed E-state index contributed by atoms with van der Waals surface area (Å²) in [6.45, 7) is 2.88. The highest BCUT2D eigenvalue weighted by molar-refractivity contribution is 5.80. The molecule has 2 aliphatic rings. The third-order valence-corrected chi connectivity index (χ3v) is 4.91. The van der Waals surface area contributed by atoms with Gasteiger partial charge in [0, 0.05) is 25.0 Å². The second-order valence-electron chi connectivity index (χ2n) is 6.14. The van der Waals surface area contributed by atoms with Crippen LogP contribution in [-0.4, -0.2) is 36.1 Å². The van der Waals surface area contributed by atoms with Gasteiger partial charge in [-0.2, -0.15) is 13.2 Å². The maximum absolute atomic E-state index is 13.1. The van der Waals surface area contributed by atoms with Crippen molar-refractivity contribution in [2.24, 2.45) is 23.5 Å². The zero-order valence-corrected chi connectivity index (χ0v) is 11.8. The van der Waals surface area contributed by atoms with Crippen LogP contribution in [0.2, 0.25) is 0 Å². The zero-order valence-electron chi connectivity index (χ0n) is 11.8. The molecule has 0 aromatic carbocycles. The van der Waals surface area contributed by atoms with E-state index in [0.717, 1.165) is 6.42 Å². The summed E-state index contributed by atoms with van der Waals surface area (Å²) in [5.41, 5.74) is 5.69. The lowest BCUT2D eigenvalue weighted by molar-refractivity contribution is -0.201. The van der Waals surface area contributed by atoms with Gasteiger partial charge in [0.15, 0.2) is 0 Å². The lowest BCUT2D eigenvalue weighted by atomic mass is 9.78. The number of likely N-dealkylation sites (tertiary alicyclic amines) is 1. The monoisotopic (exact) mass is 292 g/mol. The Hall–Kier alpha value is -0.780. The molecule has 2 N–H and O–H groups in total. The van der Waals surface area contributed by atoms with Crippen molar-refractivity contribution >= 4 is 5.91 Å². The molecule has 0 aromatic rings. The normalized spacial score (nSPS) is 35.4. The van der Waals surface area contributed by atoms with Crippen LogP contribution in [0.5, 0.6) is 0 Å². The summed E-state index contributed by atoms with van der Waals surface area (Å²) in [4.78, 5) is 14.2. The first-order valence-electron chi connectivity index (χ1n) is 7.43. The first-order chi connectivity index (χ1) is 9.36. The number of nitrogens with two attached hydrogens (primary N) is 1. The maximum Gasteiger partial charge on any atom is 0.392 e. The largest absolute Gasteiger partial charge is 0.392 e. The first kappa shape index (κ1) is 15.6. The molecule has 116 valence electrons. The molecule has 2 fully saturated rings. The summed E-state index contributed by atoms with van der Waals surface area (Å²) in [5.74, 6) is -2.43. The molecule has 0 aromatic heterocycles. The van der Waals surface area contributed by atoms with Gasteiger partial charge in [0.25, 0.3) is 0 Å². The summed E-state index contributed by atoms with van der Waals surface area (Å²) >= 11 is 0. The van der Waals surface area contributed by atoms with E-state index in [1.165, 1.54) is 0 Å². The van der Waals surface area contributed by atoms with Crippen LogP contribution in [0.15, 0.2) is 0 Å². The van der Waals surface area contributed by atoms with E-state index in [-0.39, 0.29) is 24.3 Å². The second kappa shape index (κ2) is 5.92. The van der Waals surface area contributed by atoms with Gasteiger partial charge in [0.2, 0.25) is 5.91 Å². The van der Waals surface area contributed by atoms with Crippen molar-refractivity contribution in [3.63, 3.8) is 0 Å². The fraction of sp³-hybridized carbons (Fsp3) is 0.929. The van der Waals surface area contributed by atoms with Crippen molar-refractivity contribution < 1.29 is 18.0 Å². The second-order valence-corrected chi connectivity index (χ2v) is 6.14.